The smallest absolute Gasteiger partial charge is 0.252 e. The van der Waals surface area contributed by atoms with Gasteiger partial charge in [-0.15, -0.1) is 0 Å². The molecule has 2 heterocycles. The van der Waals surface area contributed by atoms with Crippen molar-refractivity contribution in [2.45, 2.75) is 19.8 Å². The summed E-state index contributed by atoms with van der Waals surface area (Å²) in [5.74, 6) is 0.0491. The Hall–Kier alpha value is -1.49. The molecule has 19 heavy (non-hydrogen) atoms. The fraction of sp³-hybridized carbons (Fsp3) is 0.571. The monoisotopic (exact) mass is 265 g/mol. The summed E-state index contributed by atoms with van der Waals surface area (Å²) < 4.78 is 12.6. The predicted molar refractivity (Wildman–Crippen MR) is 71.4 cm³/mol. The lowest BCUT2D eigenvalue weighted by atomic mass is 9.99. The van der Waals surface area contributed by atoms with Gasteiger partial charge >= 0.3 is 0 Å². The maximum absolute atomic E-state index is 12.6. The van der Waals surface area contributed by atoms with Crippen LogP contribution in [0.4, 0.5) is 4.39 Å². The Morgan fingerprint density at radius 3 is 2.84 bits per heavy atom. The summed E-state index contributed by atoms with van der Waals surface area (Å²) >= 11 is 0. The summed E-state index contributed by atoms with van der Waals surface area (Å²) in [5.41, 5.74) is 0.397. The van der Waals surface area contributed by atoms with Crippen LogP contribution in [0.3, 0.4) is 0 Å². The maximum atomic E-state index is 12.6. The van der Waals surface area contributed by atoms with Crippen molar-refractivity contribution in [1.29, 1.82) is 0 Å². The van der Waals surface area contributed by atoms with Crippen molar-refractivity contribution < 1.29 is 9.18 Å². The van der Waals surface area contributed by atoms with Crippen molar-refractivity contribution in [3.8, 4) is 0 Å². The molecule has 0 unspecified atom stereocenters. The number of carbonyl (C=O) groups is 1. The van der Waals surface area contributed by atoms with Gasteiger partial charge in [-0.2, -0.15) is 4.39 Å². The van der Waals surface area contributed by atoms with Crippen LogP contribution < -0.4 is 5.32 Å². The van der Waals surface area contributed by atoms with Crippen LogP contribution in [0.15, 0.2) is 18.3 Å². The summed E-state index contributed by atoms with van der Waals surface area (Å²) in [4.78, 5) is 17.6. The lowest BCUT2D eigenvalue weighted by Gasteiger charge is -2.30. The first kappa shape index (κ1) is 13.9. The Morgan fingerprint density at radius 2 is 2.21 bits per heavy atom. The largest absolute Gasteiger partial charge is 0.351 e. The molecule has 0 saturated carbocycles. The second kappa shape index (κ2) is 6.61. The van der Waals surface area contributed by atoms with E-state index in [9.17, 15) is 9.18 Å². The fourth-order valence-electron chi connectivity index (χ4n) is 2.23. The molecule has 1 aliphatic rings. The average Bonchev–Trinajstić information content (AvgIpc) is 2.41. The summed E-state index contributed by atoms with van der Waals surface area (Å²) in [6, 6.07) is 2.64. The van der Waals surface area contributed by atoms with E-state index in [0.717, 1.165) is 25.6 Å². The number of hydrogen-bond donors (Lipinski definition) is 1. The number of rotatable bonds is 4. The molecular weight excluding hydrogens is 245 g/mol. The first-order valence-electron chi connectivity index (χ1n) is 6.77. The van der Waals surface area contributed by atoms with Crippen LogP contribution in [-0.2, 0) is 0 Å². The van der Waals surface area contributed by atoms with Crippen molar-refractivity contribution in [3.63, 3.8) is 0 Å². The van der Waals surface area contributed by atoms with Crippen LogP contribution >= 0.6 is 0 Å². The molecule has 0 bridgehead atoms. The van der Waals surface area contributed by atoms with E-state index in [1.807, 2.05) is 0 Å². The number of nitrogens with one attached hydrogen (secondary N) is 1. The van der Waals surface area contributed by atoms with E-state index in [2.05, 4.69) is 22.1 Å². The van der Waals surface area contributed by atoms with E-state index in [1.165, 1.54) is 31.2 Å². The molecule has 1 saturated heterocycles. The number of piperidine rings is 1. The third kappa shape index (κ3) is 4.28. The summed E-state index contributed by atoms with van der Waals surface area (Å²) in [6.07, 6.45) is 3.72. The molecule has 1 aliphatic heterocycles. The van der Waals surface area contributed by atoms with Crippen molar-refractivity contribution in [2.24, 2.45) is 5.92 Å². The minimum Gasteiger partial charge on any atom is -0.351 e. The topological polar surface area (TPSA) is 45.2 Å². The molecule has 2 rings (SSSR count). The Bertz CT molecular complexity index is 413. The molecule has 104 valence electrons. The zero-order valence-electron chi connectivity index (χ0n) is 11.2. The minimum atomic E-state index is -0.570. The molecule has 1 N–H and O–H groups in total. The van der Waals surface area contributed by atoms with Crippen molar-refractivity contribution in [3.05, 3.63) is 29.8 Å². The van der Waals surface area contributed by atoms with Crippen LogP contribution in [0, 0.1) is 11.9 Å². The number of pyridine rings is 1. The molecule has 1 aromatic heterocycles. The summed E-state index contributed by atoms with van der Waals surface area (Å²) in [7, 11) is 0. The van der Waals surface area contributed by atoms with Crippen LogP contribution in [0.25, 0.3) is 0 Å². The first-order valence-corrected chi connectivity index (χ1v) is 6.77. The number of halogens is 1. The normalized spacial score (nSPS) is 17.4. The van der Waals surface area contributed by atoms with E-state index in [1.54, 1.807) is 0 Å². The van der Waals surface area contributed by atoms with Gasteiger partial charge in [0.15, 0.2) is 0 Å². The van der Waals surface area contributed by atoms with Crippen LogP contribution in [0.2, 0.25) is 0 Å². The highest BCUT2D eigenvalue weighted by Crippen LogP contribution is 2.15. The molecule has 4 nitrogen and oxygen atoms in total. The van der Waals surface area contributed by atoms with Gasteiger partial charge in [0, 0.05) is 19.3 Å². The lowest BCUT2D eigenvalue weighted by Crippen LogP contribution is -2.39. The standard InChI is InChI=1S/C14H20FN3O/c1-11-4-7-18(8-5-11)9-6-16-14(19)12-2-3-13(15)17-10-12/h2-3,10-11H,4-9H2,1H3,(H,16,19). The maximum Gasteiger partial charge on any atom is 0.252 e. The van der Waals surface area contributed by atoms with Gasteiger partial charge in [0.1, 0.15) is 0 Å². The second-order valence-corrected chi connectivity index (χ2v) is 5.15. The molecule has 0 radical (unpaired) electrons. The Kier molecular flexibility index (Phi) is 4.85. The number of likely N-dealkylation sites (tertiary alicyclic amines) is 1. The van der Waals surface area contributed by atoms with Gasteiger partial charge in [-0.3, -0.25) is 4.79 Å². The highest BCUT2D eigenvalue weighted by Gasteiger charge is 2.15. The van der Waals surface area contributed by atoms with Crippen LogP contribution in [0.5, 0.6) is 0 Å². The molecular formula is C14H20FN3O. The van der Waals surface area contributed by atoms with Gasteiger partial charge in [-0.1, -0.05) is 6.92 Å². The average molecular weight is 265 g/mol. The van der Waals surface area contributed by atoms with Gasteiger partial charge in [0.2, 0.25) is 5.95 Å². The minimum absolute atomic E-state index is 0.196. The van der Waals surface area contributed by atoms with Gasteiger partial charge < -0.3 is 10.2 Å². The zero-order chi connectivity index (χ0) is 13.7. The van der Waals surface area contributed by atoms with Crippen LogP contribution in [-0.4, -0.2) is 42.0 Å². The van der Waals surface area contributed by atoms with E-state index in [-0.39, 0.29) is 5.91 Å². The van der Waals surface area contributed by atoms with E-state index < -0.39 is 5.95 Å². The molecule has 5 heteroatoms. The van der Waals surface area contributed by atoms with E-state index in [4.69, 9.17) is 0 Å². The number of amides is 1. The van der Waals surface area contributed by atoms with Crippen LogP contribution in [0.1, 0.15) is 30.1 Å². The quantitative estimate of drug-likeness (QED) is 0.843. The first-order chi connectivity index (χ1) is 9.15. The lowest BCUT2D eigenvalue weighted by molar-refractivity contribution is 0.0944. The second-order valence-electron chi connectivity index (χ2n) is 5.15. The summed E-state index contributed by atoms with van der Waals surface area (Å²) in [5, 5.41) is 2.83. The SMILES string of the molecule is CC1CCN(CCNC(=O)c2ccc(F)nc2)CC1. The molecule has 0 aromatic carbocycles. The Balaban J connectivity index is 1.70. The van der Waals surface area contributed by atoms with E-state index in [0.29, 0.717) is 12.1 Å². The molecule has 0 spiro atoms. The van der Waals surface area contributed by atoms with Crippen molar-refractivity contribution >= 4 is 5.91 Å². The molecule has 1 amide bonds. The third-order valence-electron chi connectivity index (χ3n) is 3.58. The van der Waals surface area contributed by atoms with Crippen molar-refractivity contribution in [2.75, 3.05) is 26.2 Å². The van der Waals surface area contributed by atoms with Gasteiger partial charge in [-0.05, 0) is 44.0 Å². The molecule has 1 aromatic rings. The number of nitrogens with zero attached hydrogens (tertiary/aromatic N) is 2. The van der Waals surface area contributed by atoms with E-state index >= 15 is 0 Å². The number of aromatic nitrogens is 1. The highest BCUT2D eigenvalue weighted by molar-refractivity contribution is 5.93. The fourth-order valence-corrected chi connectivity index (χ4v) is 2.23. The number of hydrogen-bond acceptors (Lipinski definition) is 3. The van der Waals surface area contributed by atoms with Gasteiger partial charge in [0.05, 0.1) is 5.56 Å². The Morgan fingerprint density at radius 1 is 1.47 bits per heavy atom. The Labute approximate surface area is 113 Å². The predicted octanol–water partition coefficient (Wildman–Crippen LogP) is 1.68. The van der Waals surface area contributed by atoms with Crippen molar-refractivity contribution in [1.82, 2.24) is 15.2 Å². The van der Waals surface area contributed by atoms with Gasteiger partial charge in [0.25, 0.3) is 5.91 Å². The third-order valence-corrected chi connectivity index (χ3v) is 3.58. The molecule has 0 aliphatic carbocycles. The van der Waals surface area contributed by atoms with Gasteiger partial charge in [-0.25, -0.2) is 4.98 Å². The number of carbonyl (C=O) groups excluding carboxylic acids is 1. The molecule has 1 fully saturated rings. The zero-order valence-corrected chi connectivity index (χ0v) is 11.2. The molecule has 0 atom stereocenters. The highest BCUT2D eigenvalue weighted by atomic mass is 19.1. The summed E-state index contributed by atoms with van der Waals surface area (Å²) in [6.45, 7) is 5.97.